The summed E-state index contributed by atoms with van der Waals surface area (Å²) in [5.41, 5.74) is -0.191. The molecule has 1 rings (SSSR count). The fraction of sp³-hybridized carbons (Fsp3) is 0.500. The van der Waals surface area contributed by atoms with Crippen LogP contribution in [0.1, 0.15) is 38.9 Å². The van der Waals surface area contributed by atoms with Crippen LogP contribution in [0.5, 0.6) is 0 Å². The Hall–Kier alpha value is -2.20. The third kappa shape index (κ3) is 5.31. The van der Waals surface area contributed by atoms with Gasteiger partial charge >= 0.3 is 6.09 Å². The summed E-state index contributed by atoms with van der Waals surface area (Å²) < 4.78 is 5.04. The Morgan fingerprint density at radius 2 is 2.11 bits per heavy atom. The van der Waals surface area contributed by atoms with Crippen LogP contribution in [0.3, 0.4) is 0 Å². The molecule has 0 aliphatic heterocycles. The van der Waals surface area contributed by atoms with Gasteiger partial charge in [-0.1, -0.05) is 0 Å². The van der Waals surface area contributed by atoms with Crippen LogP contribution in [-0.2, 0) is 4.74 Å². The van der Waals surface area contributed by atoms with E-state index in [0.717, 1.165) is 0 Å². The van der Waals surface area contributed by atoms with Crippen LogP contribution < -0.4 is 5.32 Å². The van der Waals surface area contributed by atoms with Gasteiger partial charge in [-0.2, -0.15) is 5.26 Å². The van der Waals surface area contributed by atoms with Crippen LogP contribution in [0.25, 0.3) is 0 Å². The number of carbonyl (C=O) groups excluding carboxylic acids is 1. The topological polar surface area (TPSA) is 108 Å². The number of nitrogens with one attached hydrogen (secondary N) is 1. The van der Waals surface area contributed by atoms with E-state index in [0.29, 0.717) is 5.56 Å². The van der Waals surface area contributed by atoms with E-state index in [-0.39, 0.29) is 12.4 Å². The van der Waals surface area contributed by atoms with E-state index in [1.54, 1.807) is 20.8 Å². The van der Waals surface area contributed by atoms with Crippen molar-refractivity contribution in [3.05, 3.63) is 18.0 Å². The molecule has 0 aromatic carbocycles. The van der Waals surface area contributed by atoms with Crippen molar-refractivity contribution in [3.63, 3.8) is 0 Å². The highest BCUT2D eigenvalue weighted by Crippen LogP contribution is 2.15. The van der Waals surface area contributed by atoms with Gasteiger partial charge in [0.2, 0.25) is 5.95 Å². The molecule has 7 nitrogen and oxygen atoms in total. The summed E-state index contributed by atoms with van der Waals surface area (Å²) in [6.45, 7) is 5.23. The Bertz CT molecular complexity index is 473. The number of hydrogen-bond donors (Lipinski definition) is 2. The molecule has 0 spiro atoms. The normalized spacial score (nSPS) is 12.4. The van der Waals surface area contributed by atoms with Crippen LogP contribution in [0.15, 0.2) is 12.4 Å². The van der Waals surface area contributed by atoms with Gasteiger partial charge in [0.1, 0.15) is 5.60 Å². The van der Waals surface area contributed by atoms with E-state index < -0.39 is 17.8 Å². The minimum atomic E-state index is -0.930. The zero-order chi connectivity index (χ0) is 14.5. The van der Waals surface area contributed by atoms with Crippen molar-refractivity contribution in [1.29, 1.82) is 5.26 Å². The maximum absolute atomic E-state index is 11.4. The number of aliphatic hydroxyl groups is 1. The minimum absolute atomic E-state index is 0.0395. The summed E-state index contributed by atoms with van der Waals surface area (Å²) in [5.74, 6) is 0.0714. The summed E-state index contributed by atoms with van der Waals surface area (Å²) in [6.07, 6.45) is 1.07. The van der Waals surface area contributed by atoms with E-state index >= 15 is 0 Å². The Morgan fingerprint density at radius 1 is 1.53 bits per heavy atom. The number of hydrogen-bond acceptors (Lipinski definition) is 6. The van der Waals surface area contributed by atoms with Gasteiger partial charge in [-0.05, 0) is 20.8 Å². The average molecular weight is 264 g/mol. The zero-order valence-electron chi connectivity index (χ0n) is 11.0. The second kappa shape index (κ2) is 6.11. The Kier molecular flexibility index (Phi) is 4.78. The molecule has 0 radical (unpaired) electrons. The van der Waals surface area contributed by atoms with Crippen LogP contribution in [0, 0.1) is 11.3 Å². The number of rotatable bonds is 3. The molecule has 0 bridgehead atoms. The molecule has 1 aromatic rings. The van der Waals surface area contributed by atoms with Gasteiger partial charge in [-0.25, -0.2) is 14.8 Å². The van der Waals surface area contributed by atoms with Crippen molar-refractivity contribution in [3.8, 4) is 6.07 Å². The van der Waals surface area contributed by atoms with Gasteiger partial charge in [-0.3, -0.25) is 5.32 Å². The van der Waals surface area contributed by atoms with E-state index in [9.17, 15) is 9.90 Å². The standard InChI is InChI=1S/C12H16N4O3/c1-12(2,3)19-11(18)16-10-14-6-8(7-15-10)9(17)4-5-13/h6-7,9,17H,4H2,1-3H3,(H,14,15,16,18). The van der Waals surface area contributed by atoms with Crippen molar-refractivity contribution in [1.82, 2.24) is 9.97 Å². The molecule has 7 heteroatoms. The fourth-order valence-corrected chi connectivity index (χ4v) is 1.17. The van der Waals surface area contributed by atoms with Crippen molar-refractivity contribution in [2.45, 2.75) is 38.9 Å². The van der Waals surface area contributed by atoms with E-state index in [4.69, 9.17) is 10.00 Å². The van der Waals surface area contributed by atoms with Crippen molar-refractivity contribution in [2.24, 2.45) is 0 Å². The largest absolute Gasteiger partial charge is 0.444 e. The Labute approximate surface area is 111 Å². The first-order valence-electron chi connectivity index (χ1n) is 5.69. The lowest BCUT2D eigenvalue weighted by Gasteiger charge is -2.19. The number of nitriles is 1. The molecule has 0 aliphatic rings. The minimum Gasteiger partial charge on any atom is -0.444 e. The molecule has 0 saturated carbocycles. The molecule has 102 valence electrons. The molecule has 0 saturated heterocycles. The first-order valence-corrected chi connectivity index (χ1v) is 5.69. The maximum Gasteiger partial charge on any atom is 0.414 e. The van der Waals surface area contributed by atoms with Crippen molar-refractivity contribution >= 4 is 12.0 Å². The molecule has 0 fully saturated rings. The lowest BCUT2D eigenvalue weighted by molar-refractivity contribution is 0.0634. The highest BCUT2D eigenvalue weighted by atomic mass is 16.6. The number of ether oxygens (including phenoxy) is 1. The fourth-order valence-electron chi connectivity index (χ4n) is 1.17. The molecule has 19 heavy (non-hydrogen) atoms. The first kappa shape index (κ1) is 14.9. The van der Waals surface area contributed by atoms with Crippen LogP contribution in [-0.4, -0.2) is 26.8 Å². The van der Waals surface area contributed by atoms with Crippen LogP contribution in [0.2, 0.25) is 0 Å². The first-order chi connectivity index (χ1) is 8.81. The third-order valence-corrected chi connectivity index (χ3v) is 1.95. The smallest absolute Gasteiger partial charge is 0.414 e. The molecular formula is C12H16N4O3. The third-order valence-electron chi connectivity index (χ3n) is 1.95. The quantitative estimate of drug-likeness (QED) is 0.861. The van der Waals surface area contributed by atoms with Gasteiger partial charge in [0.05, 0.1) is 18.6 Å². The Balaban J connectivity index is 2.63. The van der Waals surface area contributed by atoms with Gasteiger partial charge in [0, 0.05) is 18.0 Å². The van der Waals surface area contributed by atoms with Gasteiger partial charge in [-0.15, -0.1) is 0 Å². The maximum atomic E-state index is 11.4. The Morgan fingerprint density at radius 3 is 2.58 bits per heavy atom. The molecule has 0 aliphatic carbocycles. The highest BCUT2D eigenvalue weighted by molar-refractivity contribution is 5.82. The number of aliphatic hydroxyl groups excluding tert-OH is 1. The summed E-state index contributed by atoms with van der Waals surface area (Å²) >= 11 is 0. The lowest BCUT2D eigenvalue weighted by Crippen LogP contribution is -2.27. The highest BCUT2D eigenvalue weighted by Gasteiger charge is 2.17. The number of nitrogens with zero attached hydrogens (tertiary/aromatic N) is 3. The number of amides is 1. The number of anilines is 1. The SMILES string of the molecule is CC(C)(C)OC(=O)Nc1ncc(C(O)CC#N)cn1. The summed E-state index contributed by atoms with van der Waals surface area (Å²) in [5, 5.41) is 20.4. The average Bonchev–Trinajstić information content (AvgIpc) is 2.27. The summed E-state index contributed by atoms with van der Waals surface area (Å²) in [4.78, 5) is 19.2. The predicted octanol–water partition coefficient (Wildman–Crippen LogP) is 1.77. The van der Waals surface area contributed by atoms with Crippen LogP contribution >= 0.6 is 0 Å². The summed E-state index contributed by atoms with van der Waals surface area (Å²) in [6, 6.07) is 1.84. The second-order valence-corrected chi connectivity index (χ2v) is 4.84. The second-order valence-electron chi connectivity index (χ2n) is 4.84. The van der Waals surface area contributed by atoms with E-state index in [1.807, 2.05) is 6.07 Å². The number of aromatic nitrogens is 2. The monoisotopic (exact) mass is 264 g/mol. The van der Waals surface area contributed by atoms with Crippen LogP contribution in [0.4, 0.5) is 10.7 Å². The molecule has 2 N–H and O–H groups in total. The lowest BCUT2D eigenvalue weighted by atomic mass is 10.1. The molecule has 1 amide bonds. The molecule has 1 heterocycles. The van der Waals surface area contributed by atoms with Crippen molar-refractivity contribution < 1.29 is 14.6 Å². The molecule has 1 aromatic heterocycles. The predicted molar refractivity (Wildman–Crippen MR) is 67.1 cm³/mol. The molecule has 1 atom stereocenters. The van der Waals surface area contributed by atoms with Crippen molar-refractivity contribution in [2.75, 3.05) is 5.32 Å². The van der Waals surface area contributed by atoms with Gasteiger partial charge < -0.3 is 9.84 Å². The van der Waals surface area contributed by atoms with E-state index in [2.05, 4.69) is 15.3 Å². The van der Waals surface area contributed by atoms with E-state index in [1.165, 1.54) is 12.4 Å². The zero-order valence-corrected chi connectivity index (χ0v) is 11.0. The number of carbonyl (C=O) groups is 1. The van der Waals surface area contributed by atoms with Gasteiger partial charge in [0.15, 0.2) is 0 Å². The molecule has 1 unspecified atom stereocenters. The summed E-state index contributed by atoms with van der Waals surface area (Å²) in [7, 11) is 0. The van der Waals surface area contributed by atoms with Gasteiger partial charge in [0.25, 0.3) is 0 Å². The molecular weight excluding hydrogens is 248 g/mol.